The average Bonchev–Trinajstić information content (AvgIpc) is 2.96. The first-order valence-corrected chi connectivity index (χ1v) is 7.78. The minimum absolute atomic E-state index is 0.151. The van der Waals surface area contributed by atoms with E-state index in [1.54, 1.807) is 31.7 Å². The largest absolute Gasteiger partial charge is 0.548 e. The van der Waals surface area contributed by atoms with E-state index in [0.717, 1.165) is 0 Å². The molecule has 0 unspecified atom stereocenters. The Morgan fingerprint density at radius 3 is 2.76 bits per heavy atom. The van der Waals surface area contributed by atoms with E-state index in [1.807, 2.05) is 0 Å². The van der Waals surface area contributed by atoms with E-state index in [1.165, 1.54) is 16.2 Å². The van der Waals surface area contributed by atoms with Crippen LogP contribution in [0.25, 0.3) is 0 Å². The Morgan fingerprint density at radius 2 is 2.24 bits per heavy atom. The Balaban J connectivity index is 2.26. The molecule has 2 heterocycles. The van der Waals surface area contributed by atoms with Gasteiger partial charge >= 0.3 is 6.09 Å². The molecule has 21 heavy (non-hydrogen) atoms. The summed E-state index contributed by atoms with van der Waals surface area (Å²) in [5, 5.41) is 13.5. The molecule has 1 fully saturated rings. The number of carbonyl (C=O) groups is 2. The summed E-state index contributed by atoms with van der Waals surface area (Å²) >= 11 is 1.39. The predicted octanol–water partition coefficient (Wildman–Crippen LogP) is 1.21. The lowest BCUT2D eigenvalue weighted by molar-refractivity contribution is -0.317. The summed E-state index contributed by atoms with van der Waals surface area (Å²) in [6.07, 6.45) is 0.501. The van der Waals surface area contributed by atoms with E-state index >= 15 is 0 Å². The molecule has 1 aliphatic heterocycles. The first kappa shape index (κ1) is 15.8. The van der Waals surface area contributed by atoms with Crippen LogP contribution in [0.1, 0.15) is 39.3 Å². The molecule has 1 saturated heterocycles. The van der Waals surface area contributed by atoms with Crippen molar-refractivity contribution in [3.8, 4) is 0 Å². The van der Waals surface area contributed by atoms with Gasteiger partial charge in [0.25, 0.3) is 0 Å². The maximum Gasteiger partial charge on any atom is 0.411 e. The number of rotatable bonds is 3. The molecule has 0 bridgehead atoms. The van der Waals surface area contributed by atoms with E-state index in [-0.39, 0.29) is 6.42 Å². The lowest BCUT2D eigenvalue weighted by Crippen LogP contribution is -2.60. The molecule has 1 aromatic rings. The number of aliphatic carboxylic acids is 1. The third kappa shape index (κ3) is 3.34. The number of hydrogen-bond acceptors (Lipinski definition) is 6. The van der Waals surface area contributed by atoms with E-state index in [4.69, 9.17) is 4.74 Å². The lowest BCUT2D eigenvalue weighted by Gasteiger charge is -2.39. The van der Waals surface area contributed by atoms with Gasteiger partial charge in [0.05, 0.1) is 22.7 Å². The summed E-state index contributed by atoms with van der Waals surface area (Å²) in [4.78, 5) is 29.5. The van der Waals surface area contributed by atoms with Crippen LogP contribution in [-0.4, -0.2) is 39.6 Å². The smallest absolute Gasteiger partial charge is 0.411 e. The van der Waals surface area contributed by atoms with Gasteiger partial charge in [0.1, 0.15) is 5.60 Å². The summed E-state index contributed by atoms with van der Waals surface area (Å²) in [5.74, 6) is -1.25. The van der Waals surface area contributed by atoms with Gasteiger partial charge in [-0.05, 0) is 33.6 Å². The maximum atomic E-state index is 12.3. The normalized spacial score (nSPS) is 22.3. The van der Waals surface area contributed by atoms with Gasteiger partial charge in [0.2, 0.25) is 0 Å². The minimum atomic E-state index is -1.36. The Hall–Kier alpha value is -1.63. The highest BCUT2D eigenvalue weighted by atomic mass is 32.1. The zero-order valence-electron chi connectivity index (χ0n) is 12.4. The van der Waals surface area contributed by atoms with Crippen LogP contribution in [-0.2, 0) is 16.0 Å². The average molecular weight is 311 g/mol. The lowest BCUT2D eigenvalue weighted by atomic mass is 9.91. The molecule has 0 saturated carbocycles. The molecule has 0 aliphatic carbocycles. The quantitative estimate of drug-likeness (QED) is 0.838. The predicted molar refractivity (Wildman–Crippen MR) is 75.7 cm³/mol. The van der Waals surface area contributed by atoms with Gasteiger partial charge in [-0.3, -0.25) is 4.90 Å². The van der Waals surface area contributed by atoms with Crippen molar-refractivity contribution < 1.29 is 19.4 Å². The van der Waals surface area contributed by atoms with Crippen molar-refractivity contribution in [2.75, 3.05) is 6.54 Å². The second-order valence-electron chi connectivity index (χ2n) is 6.21. The van der Waals surface area contributed by atoms with Gasteiger partial charge in [-0.15, -0.1) is 11.3 Å². The number of hydrogen-bond donors (Lipinski definition) is 0. The molecule has 0 N–H and O–H groups in total. The molecule has 2 rings (SSSR count). The highest BCUT2D eigenvalue weighted by Crippen LogP contribution is 2.33. The van der Waals surface area contributed by atoms with E-state index in [9.17, 15) is 14.7 Å². The number of carbonyl (C=O) groups excluding carboxylic acids is 2. The number of aromatic nitrogens is 1. The first-order valence-electron chi connectivity index (χ1n) is 6.84. The summed E-state index contributed by atoms with van der Waals surface area (Å²) < 4.78 is 5.32. The molecule has 1 amide bonds. The second kappa shape index (κ2) is 5.63. The number of thiazole rings is 1. The van der Waals surface area contributed by atoms with Crippen LogP contribution in [0, 0.1) is 0 Å². The van der Waals surface area contributed by atoms with Gasteiger partial charge in [-0.25, -0.2) is 9.78 Å². The van der Waals surface area contributed by atoms with Crippen molar-refractivity contribution in [2.45, 2.75) is 51.2 Å². The monoisotopic (exact) mass is 311 g/mol. The summed E-state index contributed by atoms with van der Waals surface area (Å²) in [6.45, 7) is 5.61. The Labute approximate surface area is 127 Å². The number of ether oxygens (including phenoxy) is 1. The fourth-order valence-electron chi connectivity index (χ4n) is 2.55. The molecule has 0 spiro atoms. The second-order valence-corrected chi connectivity index (χ2v) is 6.93. The molecule has 0 aromatic carbocycles. The maximum absolute atomic E-state index is 12.3. The summed E-state index contributed by atoms with van der Waals surface area (Å²) in [7, 11) is 0. The zero-order valence-corrected chi connectivity index (χ0v) is 13.2. The summed E-state index contributed by atoms with van der Waals surface area (Å²) in [6, 6.07) is 0. The van der Waals surface area contributed by atoms with E-state index < -0.39 is 23.2 Å². The number of carboxylic acids is 1. The molecule has 1 aromatic heterocycles. The van der Waals surface area contributed by atoms with Crippen molar-refractivity contribution in [1.82, 2.24) is 9.88 Å². The molecule has 0 radical (unpaired) electrons. The third-order valence-corrected chi connectivity index (χ3v) is 4.07. The first-order chi connectivity index (χ1) is 9.74. The van der Waals surface area contributed by atoms with Crippen molar-refractivity contribution in [1.29, 1.82) is 0 Å². The van der Waals surface area contributed by atoms with Crippen LogP contribution < -0.4 is 5.11 Å². The Kier molecular flexibility index (Phi) is 4.22. The molecular weight excluding hydrogens is 292 g/mol. The highest BCUT2D eigenvalue weighted by Gasteiger charge is 2.47. The van der Waals surface area contributed by atoms with Crippen molar-refractivity contribution >= 4 is 23.4 Å². The SMILES string of the molecule is CC(C)(C)OC(=O)N1CCC[C@@]1(Cc1cscn1)C(=O)[O-]. The van der Waals surface area contributed by atoms with Gasteiger partial charge in [-0.1, -0.05) is 0 Å². The fraction of sp³-hybridized carbons (Fsp3) is 0.643. The highest BCUT2D eigenvalue weighted by molar-refractivity contribution is 7.07. The standard InChI is InChI=1S/C14H20N2O4S/c1-13(2,3)20-12(19)16-6-4-5-14(16,11(17)18)7-10-8-21-9-15-10/h8-9H,4-7H2,1-3H3,(H,17,18)/p-1/t14-/m1/s1. The third-order valence-electron chi connectivity index (χ3n) is 3.44. The fourth-order valence-corrected chi connectivity index (χ4v) is 3.11. The number of likely N-dealkylation sites (tertiary alicyclic amines) is 1. The van der Waals surface area contributed by atoms with Crippen LogP contribution >= 0.6 is 11.3 Å². The minimum Gasteiger partial charge on any atom is -0.548 e. The van der Waals surface area contributed by atoms with Crippen molar-refractivity contribution in [3.05, 3.63) is 16.6 Å². The van der Waals surface area contributed by atoms with Crippen molar-refractivity contribution in [2.24, 2.45) is 0 Å². The Morgan fingerprint density at radius 1 is 1.52 bits per heavy atom. The molecule has 116 valence electrons. The molecule has 7 heteroatoms. The Bertz CT molecular complexity index is 524. The van der Waals surface area contributed by atoms with E-state index in [2.05, 4.69) is 4.98 Å². The van der Waals surface area contributed by atoms with Crippen molar-refractivity contribution in [3.63, 3.8) is 0 Å². The topological polar surface area (TPSA) is 82.6 Å². The van der Waals surface area contributed by atoms with Crippen LogP contribution in [0.15, 0.2) is 10.9 Å². The molecular formula is C14H19N2O4S-. The van der Waals surface area contributed by atoms with Crippen LogP contribution in [0.3, 0.4) is 0 Å². The van der Waals surface area contributed by atoms with Crippen LogP contribution in [0.2, 0.25) is 0 Å². The van der Waals surface area contributed by atoms with Gasteiger partial charge in [0.15, 0.2) is 0 Å². The zero-order chi connectivity index (χ0) is 15.7. The van der Waals surface area contributed by atoms with E-state index in [0.29, 0.717) is 25.1 Å². The molecule has 1 atom stereocenters. The van der Waals surface area contributed by atoms with Crippen LogP contribution in [0.5, 0.6) is 0 Å². The molecule has 1 aliphatic rings. The van der Waals surface area contributed by atoms with Gasteiger partial charge < -0.3 is 14.6 Å². The molecule has 6 nitrogen and oxygen atoms in total. The summed E-state index contributed by atoms with van der Waals surface area (Å²) in [5.41, 5.74) is 0.263. The van der Waals surface area contributed by atoms with Crippen LogP contribution in [0.4, 0.5) is 4.79 Å². The number of carboxylic acid groups (broad SMARTS) is 1. The number of nitrogens with zero attached hydrogens (tertiary/aromatic N) is 2. The number of amides is 1. The van der Waals surface area contributed by atoms with Gasteiger partial charge in [-0.2, -0.15) is 0 Å². The van der Waals surface area contributed by atoms with Gasteiger partial charge in [0, 0.05) is 18.3 Å².